The Balaban J connectivity index is 2.70. The maximum absolute atomic E-state index is 12.2. The van der Waals surface area contributed by atoms with Gasteiger partial charge in [0.25, 0.3) is 5.91 Å². The Hall–Kier alpha value is -1.83. The van der Waals surface area contributed by atoms with Crippen LogP contribution in [0, 0.1) is 5.92 Å². The molecule has 0 saturated carbocycles. The maximum Gasteiger partial charge on any atom is 0.305 e. The Bertz CT molecular complexity index is 598. The predicted molar refractivity (Wildman–Crippen MR) is 87.0 cm³/mol. The molecular weight excluding hydrogens is 368 g/mol. The van der Waals surface area contributed by atoms with E-state index in [1.54, 1.807) is 13.0 Å². The quantitative estimate of drug-likeness (QED) is 0.744. The molecule has 7 nitrogen and oxygen atoms in total. The average molecular weight is 389 g/mol. The summed E-state index contributed by atoms with van der Waals surface area (Å²) in [5.74, 6) is -1.82. The molecule has 0 spiro atoms. The van der Waals surface area contributed by atoms with Crippen molar-refractivity contribution in [2.45, 2.75) is 32.7 Å². The zero-order chi connectivity index (χ0) is 17.8. The third kappa shape index (κ3) is 5.38. The van der Waals surface area contributed by atoms with E-state index in [0.717, 1.165) is 0 Å². The number of amides is 2. The van der Waals surface area contributed by atoms with Gasteiger partial charge in [0.1, 0.15) is 0 Å². The summed E-state index contributed by atoms with van der Waals surface area (Å²) < 4.78 is 5.58. The molecule has 1 aromatic rings. The van der Waals surface area contributed by atoms with E-state index in [9.17, 15) is 14.4 Å². The van der Waals surface area contributed by atoms with Crippen molar-refractivity contribution < 1.29 is 23.9 Å². The minimum absolute atomic E-state index is 0.0791. The van der Waals surface area contributed by atoms with Crippen LogP contribution in [0.15, 0.2) is 21.2 Å². The molecule has 8 heteroatoms. The first-order chi connectivity index (χ1) is 10.5. The van der Waals surface area contributed by atoms with Crippen LogP contribution in [0.25, 0.3) is 0 Å². The van der Waals surface area contributed by atoms with Crippen molar-refractivity contribution >= 4 is 33.7 Å². The summed E-state index contributed by atoms with van der Waals surface area (Å²) in [4.78, 5) is 36.5. The molecule has 2 amide bonds. The Labute approximate surface area is 143 Å². The van der Waals surface area contributed by atoms with Gasteiger partial charge in [0.15, 0.2) is 10.4 Å². The predicted octanol–water partition coefficient (Wildman–Crippen LogP) is 2.12. The number of likely N-dealkylation sites (N-methyl/N-ethyl adjacent to an activating group) is 1. The molecule has 0 fully saturated rings. The van der Waals surface area contributed by atoms with Gasteiger partial charge in [-0.2, -0.15) is 0 Å². The normalized spacial score (nSPS) is 13.5. The van der Waals surface area contributed by atoms with Crippen molar-refractivity contribution in [3.8, 4) is 0 Å². The van der Waals surface area contributed by atoms with E-state index in [4.69, 9.17) is 9.52 Å². The molecule has 0 aliphatic carbocycles. The molecule has 1 rings (SSSR count). The van der Waals surface area contributed by atoms with Crippen molar-refractivity contribution in [3.05, 3.63) is 22.6 Å². The van der Waals surface area contributed by atoms with Crippen LogP contribution in [0.4, 0.5) is 0 Å². The van der Waals surface area contributed by atoms with E-state index in [2.05, 4.69) is 21.2 Å². The summed E-state index contributed by atoms with van der Waals surface area (Å²) in [6.07, 6.45) is -0.195. The molecule has 0 bridgehead atoms. The number of nitrogens with one attached hydrogen (secondary N) is 1. The molecule has 23 heavy (non-hydrogen) atoms. The molecule has 0 aliphatic heterocycles. The van der Waals surface area contributed by atoms with Gasteiger partial charge in [-0.1, -0.05) is 13.8 Å². The van der Waals surface area contributed by atoms with Crippen LogP contribution >= 0.6 is 15.9 Å². The number of carboxylic acids is 1. The van der Waals surface area contributed by atoms with E-state index in [1.165, 1.54) is 18.0 Å². The van der Waals surface area contributed by atoms with Gasteiger partial charge in [0.2, 0.25) is 5.91 Å². The van der Waals surface area contributed by atoms with Gasteiger partial charge in [-0.05, 0) is 40.9 Å². The number of hydrogen-bond acceptors (Lipinski definition) is 4. The highest BCUT2D eigenvalue weighted by molar-refractivity contribution is 9.10. The van der Waals surface area contributed by atoms with Crippen LogP contribution in [-0.2, 0) is 9.59 Å². The number of carboxylic acid groups (broad SMARTS) is 1. The third-order valence-corrected chi connectivity index (χ3v) is 4.16. The molecule has 1 unspecified atom stereocenters. The molecule has 0 aliphatic rings. The lowest BCUT2D eigenvalue weighted by Gasteiger charge is -2.34. The second kappa shape index (κ2) is 7.63. The van der Waals surface area contributed by atoms with Crippen molar-refractivity contribution in [3.63, 3.8) is 0 Å². The van der Waals surface area contributed by atoms with Crippen molar-refractivity contribution in [1.29, 1.82) is 0 Å². The minimum atomic E-state index is -0.994. The van der Waals surface area contributed by atoms with Crippen molar-refractivity contribution in [2.75, 3.05) is 13.6 Å². The monoisotopic (exact) mass is 388 g/mol. The summed E-state index contributed by atoms with van der Waals surface area (Å²) >= 11 is 3.11. The number of furan rings is 1. The molecular formula is C15H21BrN2O5. The Kier molecular flexibility index (Phi) is 6.37. The number of hydrogen-bond donors (Lipinski definition) is 2. The zero-order valence-corrected chi connectivity index (χ0v) is 15.1. The number of carbonyl (C=O) groups is 3. The Morgan fingerprint density at radius 2 is 2.00 bits per heavy atom. The van der Waals surface area contributed by atoms with E-state index in [1.807, 2.05) is 13.8 Å². The Morgan fingerprint density at radius 3 is 2.43 bits per heavy atom. The van der Waals surface area contributed by atoms with Gasteiger partial charge in [-0.25, -0.2) is 0 Å². The molecule has 0 radical (unpaired) electrons. The number of aliphatic carboxylic acids is 1. The molecule has 1 atom stereocenters. The summed E-state index contributed by atoms with van der Waals surface area (Å²) in [7, 11) is 1.47. The third-order valence-electron chi connectivity index (χ3n) is 3.73. The average Bonchev–Trinajstić information content (AvgIpc) is 2.82. The molecule has 128 valence electrons. The van der Waals surface area contributed by atoms with Crippen LogP contribution in [0.3, 0.4) is 0 Å². The van der Waals surface area contributed by atoms with Crippen LogP contribution in [0.1, 0.15) is 37.7 Å². The first kappa shape index (κ1) is 19.2. The number of carbonyl (C=O) groups excluding carboxylic acids is 2. The summed E-state index contributed by atoms with van der Waals surface area (Å²) in [6.45, 7) is 5.14. The maximum atomic E-state index is 12.2. The second-order valence-electron chi connectivity index (χ2n) is 5.96. The summed E-state index contributed by atoms with van der Waals surface area (Å²) in [6, 6.07) is 3.09. The second-order valence-corrected chi connectivity index (χ2v) is 6.74. The highest BCUT2D eigenvalue weighted by Gasteiger charge is 2.33. The lowest BCUT2D eigenvalue weighted by Crippen LogP contribution is -2.53. The number of rotatable bonds is 7. The topological polar surface area (TPSA) is 99.9 Å². The number of nitrogens with zero attached hydrogens (tertiary/aromatic N) is 1. The van der Waals surface area contributed by atoms with Gasteiger partial charge >= 0.3 is 5.97 Å². The fraction of sp³-hybridized carbons (Fsp3) is 0.533. The Morgan fingerprint density at radius 1 is 1.39 bits per heavy atom. The van der Waals surface area contributed by atoms with Crippen LogP contribution in [0.5, 0.6) is 0 Å². The summed E-state index contributed by atoms with van der Waals surface area (Å²) in [5, 5.41) is 11.7. The lowest BCUT2D eigenvalue weighted by molar-refractivity contribution is -0.139. The highest BCUT2D eigenvalue weighted by atomic mass is 79.9. The van der Waals surface area contributed by atoms with E-state index in [0.29, 0.717) is 4.67 Å². The zero-order valence-electron chi connectivity index (χ0n) is 13.6. The largest absolute Gasteiger partial charge is 0.481 e. The fourth-order valence-electron chi connectivity index (χ4n) is 1.97. The molecule has 2 N–H and O–H groups in total. The van der Waals surface area contributed by atoms with Gasteiger partial charge < -0.3 is 19.7 Å². The standard InChI is InChI=1S/C15H21BrN2O5/c1-9(2)15(3,7-13(20)21)17-12(19)8-18(4)14(22)10-5-6-11(16)23-10/h5-6,9H,7-8H2,1-4H3,(H,17,19)(H,20,21). The van der Waals surface area contributed by atoms with Gasteiger partial charge in [-0.15, -0.1) is 0 Å². The molecule has 0 saturated heterocycles. The van der Waals surface area contributed by atoms with Gasteiger partial charge in [-0.3, -0.25) is 14.4 Å². The molecule has 1 heterocycles. The molecule has 1 aromatic heterocycles. The first-order valence-corrected chi connectivity index (χ1v) is 7.88. The van der Waals surface area contributed by atoms with Crippen molar-refractivity contribution in [2.24, 2.45) is 5.92 Å². The fourth-order valence-corrected chi connectivity index (χ4v) is 2.28. The lowest BCUT2D eigenvalue weighted by atomic mass is 9.85. The van der Waals surface area contributed by atoms with Crippen LogP contribution < -0.4 is 5.32 Å². The smallest absolute Gasteiger partial charge is 0.305 e. The van der Waals surface area contributed by atoms with E-state index >= 15 is 0 Å². The van der Waals surface area contributed by atoms with Crippen LogP contribution in [0.2, 0.25) is 0 Å². The van der Waals surface area contributed by atoms with Crippen molar-refractivity contribution in [1.82, 2.24) is 10.2 Å². The van der Waals surface area contributed by atoms with Crippen LogP contribution in [-0.4, -0.2) is 46.9 Å². The number of halogens is 1. The van der Waals surface area contributed by atoms with Gasteiger partial charge in [0.05, 0.1) is 18.5 Å². The van der Waals surface area contributed by atoms with E-state index < -0.39 is 23.3 Å². The highest BCUT2D eigenvalue weighted by Crippen LogP contribution is 2.21. The summed E-state index contributed by atoms with van der Waals surface area (Å²) in [5.41, 5.74) is -0.888. The van der Waals surface area contributed by atoms with E-state index in [-0.39, 0.29) is 24.6 Å². The first-order valence-electron chi connectivity index (χ1n) is 7.08. The molecule has 0 aromatic carbocycles. The van der Waals surface area contributed by atoms with Gasteiger partial charge in [0, 0.05) is 7.05 Å². The SMILES string of the molecule is CC(C)C(C)(CC(=O)O)NC(=O)CN(C)C(=O)c1ccc(Br)o1. The minimum Gasteiger partial charge on any atom is -0.481 e.